The molecule has 2 N–H and O–H groups in total. The molecular formula is C31H58N2OP+. The van der Waals surface area contributed by atoms with Crippen LogP contribution in [0.25, 0.3) is 0 Å². The van der Waals surface area contributed by atoms with E-state index in [1.807, 2.05) is 30.3 Å². The minimum Gasteiger partial charge on any atom is -0.264 e. The summed E-state index contributed by atoms with van der Waals surface area (Å²) in [5.74, 6) is 6.89. The molecule has 0 saturated heterocycles. The van der Waals surface area contributed by atoms with Crippen molar-refractivity contribution in [2.24, 2.45) is 5.84 Å². The van der Waals surface area contributed by atoms with E-state index in [2.05, 4.69) is 20.8 Å². The Morgan fingerprint density at radius 3 is 1.31 bits per heavy atom. The molecule has 1 rings (SSSR count). The molecule has 1 aromatic carbocycles. The number of carbonyl (C=O) groups excluding carboxylic acids is 1. The number of carbonyl (C=O) groups is 1. The van der Waals surface area contributed by atoms with Crippen LogP contribution >= 0.6 is 7.41 Å². The van der Waals surface area contributed by atoms with E-state index in [-0.39, 0.29) is 5.91 Å². The first-order chi connectivity index (χ1) is 17.1. The van der Waals surface area contributed by atoms with Gasteiger partial charge < -0.3 is 0 Å². The van der Waals surface area contributed by atoms with Gasteiger partial charge in [0.25, 0.3) is 0 Å². The van der Waals surface area contributed by atoms with Crippen molar-refractivity contribution in [3.63, 3.8) is 0 Å². The van der Waals surface area contributed by atoms with E-state index in [0.29, 0.717) is 0 Å². The zero-order chi connectivity index (χ0) is 25.6. The number of unbranched alkanes of at least 4 members (excludes halogenated alkanes) is 15. The number of hydrogen-bond acceptors (Lipinski definition) is 2. The van der Waals surface area contributed by atoms with Gasteiger partial charge in [0.1, 0.15) is 7.41 Å². The van der Waals surface area contributed by atoms with Gasteiger partial charge in [-0.15, -0.1) is 4.78 Å². The molecule has 0 unspecified atom stereocenters. The normalized spacial score (nSPS) is 11.7. The molecule has 0 atom stereocenters. The number of hydrogen-bond donors (Lipinski definition) is 1. The summed E-state index contributed by atoms with van der Waals surface area (Å²) < 4.78 is 1.80. The van der Waals surface area contributed by atoms with E-state index in [1.54, 1.807) is 4.78 Å². The lowest BCUT2D eigenvalue weighted by atomic mass is 10.1. The van der Waals surface area contributed by atoms with E-state index in [1.165, 1.54) is 116 Å². The van der Waals surface area contributed by atoms with Gasteiger partial charge in [0, 0.05) is 5.56 Å². The van der Waals surface area contributed by atoms with Gasteiger partial charge in [0.2, 0.25) is 0 Å². The summed E-state index contributed by atoms with van der Waals surface area (Å²) >= 11 is 0. The van der Waals surface area contributed by atoms with Gasteiger partial charge >= 0.3 is 5.91 Å². The third-order valence-corrected chi connectivity index (χ3v) is 12.0. The Hall–Kier alpha value is -0.920. The van der Waals surface area contributed by atoms with Gasteiger partial charge in [-0.25, -0.2) is 5.84 Å². The maximum Gasteiger partial charge on any atom is 0.300 e. The molecule has 0 heterocycles. The number of benzene rings is 1. The average molecular weight is 506 g/mol. The number of rotatable bonds is 23. The Morgan fingerprint density at radius 2 is 0.943 bits per heavy atom. The number of nitrogens with zero attached hydrogens (tertiary/aromatic N) is 1. The Balaban J connectivity index is 2.92. The highest BCUT2D eigenvalue weighted by Crippen LogP contribution is 2.62. The maximum atomic E-state index is 13.5. The fraction of sp³-hybridized carbons (Fsp3) is 0.774. The van der Waals surface area contributed by atoms with Crippen molar-refractivity contribution < 1.29 is 4.79 Å². The lowest BCUT2D eigenvalue weighted by Gasteiger charge is -2.34. The van der Waals surface area contributed by atoms with Crippen LogP contribution in [0.1, 0.15) is 147 Å². The summed E-state index contributed by atoms with van der Waals surface area (Å²) in [6.07, 6.45) is 26.8. The zero-order valence-electron chi connectivity index (χ0n) is 23.6. The van der Waals surface area contributed by atoms with Gasteiger partial charge in [-0.1, -0.05) is 116 Å². The Morgan fingerprint density at radius 1 is 0.600 bits per heavy atom. The second-order valence-corrected chi connectivity index (χ2v) is 14.5. The van der Waals surface area contributed by atoms with Crippen LogP contribution in [-0.2, 0) is 0 Å². The fourth-order valence-corrected chi connectivity index (χ4v) is 9.38. The van der Waals surface area contributed by atoms with Crippen LogP contribution in [0.3, 0.4) is 0 Å². The smallest absolute Gasteiger partial charge is 0.264 e. The van der Waals surface area contributed by atoms with Gasteiger partial charge in [0.15, 0.2) is 0 Å². The van der Waals surface area contributed by atoms with Crippen molar-refractivity contribution in [3.05, 3.63) is 35.9 Å². The predicted octanol–water partition coefficient (Wildman–Crippen LogP) is 10.0. The van der Waals surface area contributed by atoms with E-state index in [9.17, 15) is 4.79 Å². The summed E-state index contributed by atoms with van der Waals surface area (Å²) in [6, 6.07) is 9.74. The third-order valence-electron chi connectivity index (χ3n) is 7.47. The predicted molar refractivity (Wildman–Crippen MR) is 158 cm³/mol. The molecule has 4 heteroatoms. The Kier molecular flexibility index (Phi) is 19.4. The molecule has 0 aliphatic rings. The average Bonchev–Trinajstić information content (AvgIpc) is 2.89. The molecular weight excluding hydrogens is 447 g/mol. The molecule has 1 aromatic rings. The maximum absolute atomic E-state index is 13.5. The quantitative estimate of drug-likeness (QED) is 0.0528. The monoisotopic (exact) mass is 505 g/mol. The molecule has 0 saturated carbocycles. The van der Waals surface area contributed by atoms with Crippen molar-refractivity contribution in [2.75, 3.05) is 18.5 Å². The van der Waals surface area contributed by atoms with Crippen molar-refractivity contribution in [3.8, 4) is 0 Å². The summed E-state index contributed by atoms with van der Waals surface area (Å²) in [5.41, 5.74) is 0.744. The second-order valence-electron chi connectivity index (χ2n) is 10.6. The SMILES string of the molecule is CCCCCCCC[P+](CCCCCCCC)(CCCCCCCC)N(N)C(=O)c1ccccc1. The first kappa shape index (κ1) is 32.1. The van der Waals surface area contributed by atoms with Crippen LogP contribution < -0.4 is 5.84 Å². The standard InChI is InChI=1S/C31H58N2OP/c1-4-7-10-13-16-22-27-35(28-23-17-14-11-8-5-2,29-24-18-15-12-9-6-3)33(32)31(34)30-25-20-19-21-26-30/h19-21,25-26H,4-18,22-24,27-29,32H2,1-3H3/q+1. The fourth-order valence-electron chi connectivity index (χ4n) is 5.12. The summed E-state index contributed by atoms with van der Waals surface area (Å²) in [5, 5.41) is 0. The van der Waals surface area contributed by atoms with Crippen molar-refractivity contribution in [2.45, 2.75) is 136 Å². The van der Waals surface area contributed by atoms with Crippen LogP contribution in [0, 0.1) is 0 Å². The molecule has 0 aliphatic heterocycles. The molecule has 0 fully saturated rings. The third kappa shape index (κ3) is 13.8. The summed E-state index contributed by atoms with van der Waals surface area (Å²) in [7, 11) is -1.71. The van der Waals surface area contributed by atoms with Crippen molar-refractivity contribution in [1.82, 2.24) is 4.78 Å². The number of nitrogens with two attached hydrogens (primary N) is 1. The van der Waals surface area contributed by atoms with Gasteiger partial charge in [0.05, 0.1) is 18.5 Å². The molecule has 0 aromatic heterocycles. The van der Waals surface area contributed by atoms with Crippen LogP contribution in [0.15, 0.2) is 30.3 Å². The van der Waals surface area contributed by atoms with E-state index < -0.39 is 7.41 Å². The van der Waals surface area contributed by atoms with Crippen LogP contribution in [0.2, 0.25) is 0 Å². The summed E-state index contributed by atoms with van der Waals surface area (Å²) in [4.78, 5) is 13.5. The second kappa shape index (κ2) is 21.2. The minimum absolute atomic E-state index is 0.0434. The topological polar surface area (TPSA) is 46.3 Å². The van der Waals surface area contributed by atoms with E-state index in [0.717, 1.165) is 24.0 Å². The van der Waals surface area contributed by atoms with Gasteiger partial charge in [-0.2, -0.15) is 0 Å². The van der Waals surface area contributed by atoms with Gasteiger partial charge in [-0.3, -0.25) is 4.79 Å². The largest absolute Gasteiger partial charge is 0.300 e. The van der Waals surface area contributed by atoms with Crippen molar-refractivity contribution in [1.29, 1.82) is 0 Å². The van der Waals surface area contributed by atoms with Crippen molar-refractivity contribution >= 4 is 13.3 Å². The highest BCUT2D eigenvalue weighted by molar-refractivity contribution is 7.74. The molecule has 35 heavy (non-hydrogen) atoms. The van der Waals surface area contributed by atoms with E-state index in [4.69, 9.17) is 5.84 Å². The molecule has 202 valence electrons. The highest BCUT2D eigenvalue weighted by atomic mass is 31.2. The number of hydrazine groups is 1. The molecule has 1 amide bonds. The lowest BCUT2D eigenvalue weighted by molar-refractivity contribution is 0.0861. The lowest BCUT2D eigenvalue weighted by Crippen LogP contribution is -2.40. The number of amides is 1. The summed E-state index contributed by atoms with van der Waals surface area (Å²) in [6.45, 7) is 6.83. The van der Waals surface area contributed by atoms with Crippen LogP contribution in [-0.4, -0.2) is 29.2 Å². The van der Waals surface area contributed by atoms with E-state index >= 15 is 0 Å². The first-order valence-electron chi connectivity index (χ1n) is 15.1. The molecule has 0 radical (unpaired) electrons. The first-order valence-corrected chi connectivity index (χ1v) is 17.4. The highest BCUT2D eigenvalue weighted by Gasteiger charge is 2.44. The molecule has 0 bridgehead atoms. The Bertz CT molecular complexity index is 581. The Labute approximate surface area is 219 Å². The zero-order valence-corrected chi connectivity index (χ0v) is 24.5. The van der Waals surface area contributed by atoms with Crippen LogP contribution in [0.5, 0.6) is 0 Å². The van der Waals surface area contributed by atoms with Gasteiger partial charge in [-0.05, 0) is 50.7 Å². The molecule has 0 aliphatic carbocycles. The van der Waals surface area contributed by atoms with Crippen LogP contribution in [0.4, 0.5) is 0 Å². The molecule has 0 spiro atoms. The molecule has 3 nitrogen and oxygen atoms in total. The minimum atomic E-state index is -1.71.